The molecule has 0 amide bonds. The van der Waals surface area contributed by atoms with Crippen LogP contribution >= 0.6 is 0 Å². The van der Waals surface area contributed by atoms with Crippen LogP contribution in [0, 0.1) is 0 Å². The first kappa shape index (κ1) is 14.9. The second kappa shape index (κ2) is 6.09. The van der Waals surface area contributed by atoms with E-state index in [4.69, 9.17) is 5.73 Å². The molecule has 23 heavy (non-hydrogen) atoms. The lowest BCUT2D eigenvalue weighted by molar-refractivity contribution is 0.0816. The summed E-state index contributed by atoms with van der Waals surface area (Å²) in [4.78, 5) is 9.28. The highest BCUT2D eigenvalue weighted by molar-refractivity contribution is 5.87. The van der Waals surface area contributed by atoms with Gasteiger partial charge in [0.25, 0.3) is 0 Å². The molecule has 6 heteroatoms. The van der Waals surface area contributed by atoms with Gasteiger partial charge in [0.1, 0.15) is 5.82 Å². The Hall–Kier alpha value is -1.66. The molecule has 1 saturated heterocycles. The molecule has 2 N–H and O–H groups in total. The summed E-state index contributed by atoms with van der Waals surface area (Å²) >= 11 is 0. The molecule has 4 rings (SSSR count). The predicted octanol–water partition coefficient (Wildman–Crippen LogP) is 1.74. The summed E-state index contributed by atoms with van der Waals surface area (Å²) in [6, 6.07) is 3.29. The van der Waals surface area contributed by atoms with E-state index >= 15 is 0 Å². The summed E-state index contributed by atoms with van der Waals surface area (Å²) in [5.41, 5.74) is 7.08. The van der Waals surface area contributed by atoms with Gasteiger partial charge in [-0.25, -0.2) is 4.98 Å². The highest BCUT2D eigenvalue weighted by Gasteiger charge is 2.29. The Morgan fingerprint density at radius 3 is 2.48 bits per heavy atom. The van der Waals surface area contributed by atoms with Crippen LogP contribution in [0.25, 0.3) is 10.9 Å². The number of hydrogen-bond donors (Lipinski definition) is 1. The standard InChI is InChI=1S/C17H26N6/c1-21-8-10-22(11-9-21)13-2-4-14(5-3-13)23-16-6-7-19-17(18)15(16)12-20-23/h6-7,12-14H,2-5,8-11H2,1H3,(H2,18,19). The first-order chi connectivity index (χ1) is 11.2. The summed E-state index contributed by atoms with van der Waals surface area (Å²) < 4.78 is 2.17. The molecule has 0 radical (unpaired) electrons. The van der Waals surface area contributed by atoms with Crippen molar-refractivity contribution in [3.63, 3.8) is 0 Å². The van der Waals surface area contributed by atoms with E-state index in [-0.39, 0.29) is 0 Å². The van der Waals surface area contributed by atoms with E-state index in [9.17, 15) is 0 Å². The highest BCUT2D eigenvalue weighted by atomic mass is 15.3. The molecule has 0 spiro atoms. The fraction of sp³-hybridized carbons (Fsp3) is 0.647. The van der Waals surface area contributed by atoms with Crippen LogP contribution in [0.2, 0.25) is 0 Å². The van der Waals surface area contributed by atoms with Crippen molar-refractivity contribution < 1.29 is 0 Å². The van der Waals surface area contributed by atoms with Crippen LogP contribution in [-0.2, 0) is 0 Å². The molecule has 1 aliphatic heterocycles. The van der Waals surface area contributed by atoms with E-state index in [1.54, 1.807) is 6.20 Å². The fourth-order valence-corrected chi connectivity index (χ4v) is 4.14. The Bertz CT molecular complexity index is 665. The van der Waals surface area contributed by atoms with Crippen molar-refractivity contribution >= 4 is 16.7 Å². The largest absolute Gasteiger partial charge is 0.383 e. The maximum Gasteiger partial charge on any atom is 0.134 e. The van der Waals surface area contributed by atoms with Gasteiger partial charge >= 0.3 is 0 Å². The lowest BCUT2D eigenvalue weighted by atomic mass is 9.89. The molecule has 2 aliphatic rings. The summed E-state index contributed by atoms with van der Waals surface area (Å²) in [5.74, 6) is 0.583. The van der Waals surface area contributed by atoms with Crippen LogP contribution < -0.4 is 5.73 Å². The van der Waals surface area contributed by atoms with Crippen LogP contribution in [0.4, 0.5) is 5.82 Å². The molecule has 0 atom stereocenters. The Kier molecular flexibility index (Phi) is 3.95. The zero-order valence-corrected chi connectivity index (χ0v) is 13.9. The van der Waals surface area contributed by atoms with Crippen LogP contribution in [0.5, 0.6) is 0 Å². The molecule has 3 heterocycles. The third-order valence-electron chi connectivity index (χ3n) is 5.62. The number of nitrogen functional groups attached to an aromatic ring is 1. The van der Waals surface area contributed by atoms with Gasteiger partial charge < -0.3 is 10.6 Å². The van der Waals surface area contributed by atoms with E-state index in [2.05, 4.69) is 31.6 Å². The number of nitrogens with two attached hydrogens (primary N) is 1. The van der Waals surface area contributed by atoms with Crippen molar-refractivity contribution in [2.24, 2.45) is 0 Å². The number of hydrogen-bond acceptors (Lipinski definition) is 5. The van der Waals surface area contributed by atoms with E-state index in [1.807, 2.05) is 12.3 Å². The zero-order valence-electron chi connectivity index (χ0n) is 13.9. The second-order valence-electron chi connectivity index (χ2n) is 7.02. The van der Waals surface area contributed by atoms with Gasteiger partial charge in [-0.15, -0.1) is 0 Å². The van der Waals surface area contributed by atoms with Gasteiger partial charge in [0, 0.05) is 38.4 Å². The van der Waals surface area contributed by atoms with Crippen LogP contribution in [-0.4, -0.2) is 63.8 Å². The Morgan fingerprint density at radius 1 is 1.04 bits per heavy atom. The maximum atomic E-state index is 5.95. The minimum atomic E-state index is 0.498. The number of rotatable bonds is 2. The SMILES string of the molecule is CN1CCN(C2CCC(n3ncc4c(N)nccc43)CC2)CC1. The van der Waals surface area contributed by atoms with Crippen LogP contribution in [0.15, 0.2) is 18.5 Å². The molecule has 124 valence electrons. The topological polar surface area (TPSA) is 63.2 Å². The van der Waals surface area contributed by atoms with Crippen molar-refractivity contribution in [3.05, 3.63) is 18.5 Å². The van der Waals surface area contributed by atoms with Crippen LogP contribution in [0.3, 0.4) is 0 Å². The van der Waals surface area contributed by atoms with Gasteiger partial charge in [-0.1, -0.05) is 0 Å². The quantitative estimate of drug-likeness (QED) is 0.915. The zero-order chi connectivity index (χ0) is 15.8. The Labute approximate surface area is 137 Å². The molecule has 2 fully saturated rings. The first-order valence-electron chi connectivity index (χ1n) is 8.72. The van der Waals surface area contributed by atoms with Gasteiger partial charge in [0.15, 0.2) is 0 Å². The number of fused-ring (bicyclic) bond motifs is 1. The Morgan fingerprint density at radius 2 is 1.74 bits per heavy atom. The average Bonchev–Trinajstić information content (AvgIpc) is 3.01. The maximum absolute atomic E-state index is 5.95. The van der Waals surface area contributed by atoms with Gasteiger partial charge in [-0.3, -0.25) is 9.58 Å². The molecule has 1 aliphatic carbocycles. The summed E-state index contributed by atoms with van der Waals surface area (Å²) in [5, 5.41) is 5.58. The van der Waals surface area contributed by atoms with E-state index in [0.29, 0.717) is 11.9 Å². The monoisotopic (exact) mass is 314 g/mol. The molecular formula is C17H26N6. The minimum Gasteiger partial charge on any atom is -0.383 e. The number of anilines is 1. The molecule has 0 bridgehead atoms. The van der Waals surface area contributed by atoms with E-state index in [1.165, 1.54) is 51.9 Å². The fourth-order valence-electron chi connectivity index (χ4n) is 4.14. The smallest absolute Gasteiger partial charge is 0.134 e. The predicted molar refractivity (Wildman–Crippen MR) is 92.3 cm³/mol. The number of likely N-dealkylation sites (N-methyl/N-ethyl adjacent to an activating group) is 1. The molecule has 0 aromatic carbocycles. The normalized spacial score (nSPS) is 27.5. The molecule has 0 unspecified atom stereocenters. The second-order valence-corrected chi connectivity index (χ2v) is 7.02. The van der Waals surface area contributed by atoms with Crippen molar-refractivity contribution in [2.75, 3.05) is 39.0 Å². The molecule has 6 nitrogen and oxygen atoms in total. The molecular weight excluding hydrogens is 288 g/mol. The lowest BCUT2D eigenvalue weighted by Gasteiger charge is -2.41. The summed E-state index contributed by atoms with van der Waals surface area (Å²) in [6.07, 6.45) is 8.61. The molecule has 2 aromatic rings. The van der Waals surface area contributed by atoms with Gasteiger partial charge in [-0.05, 0) is 38.8 Å². The summed E-state index contributed by atoms with van der Waals surface area (Å²) in [6.45, 7) is 4.85. The number of nitrogens with zero attached hydrogens (tertiary/aromatic N) is 5. The van der Waals surface area contributed by atoms with Crippen molar-refractivity contribution in [2.45, 2.75) is 37.8 Å². The number of aromatic nitrogens is 3. The minimum absolute atomic E-state index is 0.498. The van der Waals surface area contributed by atoms with Crippen molar-refractivity contribution in [3.8, 4) is 0 Å². The number of pyridine rings is 1. The van der Waals surface area contributed by atoms with Gasteiger partial charge in [0.05, 0.1) is 23.1 Å². The highest BCUT2D eigenvalue weighted by Crippen LogP contribution is 2.33. The van der Waals surface area contributed by atoms with Gasteiger partial charge in [-0.2, -0.15) is 5.10 Å². The summed E-state index contributed by atoms with van der Waals surface area (Å²) in [7, 11) is 2.22. The van der Waals surface area contributed by atoms with Crippen molar-refractivity contribution in [1.82, 2.24) is 24.6 Å². The molecule has 2 aromatic heterocycles. The van der Waals surface area contributed by atoms with Crippen LogP contribution in [0.1, 0.15) is 31.7 Å². The van der Waals surface area contributed by atoms with Gasteiger partial charge in [0.2, 0.25) is 0 Å². The van der Waals surface area contributed by atoms with E-state index < -0.39 is 0 Å². The third kappa shape index (κ3) is 2.81. The first-order valence-corrected chi connectivity index (χ1v) is 8.72. The Balaban J connectivity index is 1.44. The average molecular weight is 314 g/mol. The lowest BCUT2D eigenvalue weighted by Crippen LogP contribution is -2.49. The van der Waals surface area contributed by atoms with Crippen molar-refractivity contribution in [1.29, 1.82) is 0 Å². The third-order valence-corrected chi connectivity index (χ3v) is 5.62. The molecule has 1 saturated carbocycles. The van der Waals surface area contributed by atoms with E-state index in [0.717, 1.165) is 16.9 Å². The number of piperazine rings is 1.